The van der Waals surface area contributed by atoms with Crippen LogP contribution in [0.5, 0.6) is 5.75 Å². The van der Waals surface area contributed by atoms with Crippen LogP contribution in [0, 0.1) is 11.3 Å². The van der Waals surface area contributed by atoms with Gasteiger partial charge >= 0.3 is 0 Å². The Hall–Kier alpha value is -2.61. The first kappa shape index (κ1) is 14.8. The summed E-state index contributed by atoms with van der Waals surface area (Å²) in [6.07, 6.45) is 1.87. The molecule has 0 bridgehead atoms. The van der Waals surface area contributed by atoms with Crippen LogP contribution in [0.2, 0.25) is 0 Å². The summed E-state index contributed by atoms with van der Waals surface area (Å²) < 4.78 is 5.61. The third-order valence-corrected chi connectivity index (χ3v) is 2.87. The topological polar surface area (TPSA) is 70.8 Å². The van der Waals surface area contributed by atoms with Crippen LogP contribution in [0.1, 0.15) is 24.6 Å². The van der Waals surface area contributed by atoms with Crippen LogP contribution < -0.4 is 10.1 Å². The highest BCUT2D eigenvalue weighted by atomic mass is 16.5. The van der Waals surface area contributed by atoms with Crippen LogP contribution in [0.25, 0.3) is 0 Å². The van der Waals surface area contributed by atoms with Crippen molar-refractivity contribution < 1.29 is 4.74 Å². The van der Waals surface area contributed by atoms with Crippen LogP contribution >= 0.6 is 0 Å². The lowest BCUT2D eigenvalue weighted by Crippen LogP contribution is -2.07. The molecule has 21 heavy (non-hydrogen) atoms. The Labute approximate surface area is 124 Å². The van der Waals surface area contributed by atoms with Gasteiger partial charge in [0.05, 0.1) is 6.61 Å². The van der Waals surface area contributed by atoms with Gasteiger partial charge in [-0.05, 0) is 42.7 Å². The zero-order valence-corrected chi connectivity index (χ0v) is 12.0. The lowest BCUT2D eigenvalue weighted by Gasteiger charge is -2.08. The van der Waals surface area contributed by atoms with E-state index in [-0.39, 0.29) is 0 Å². The van der Waals surface area contributed by atoms with Gasteiger partial charge in [0.1, 0.15) is 17.6 Å². The summed E-state index contributed by atoms with van der Waals surface area (Å²) in [6, 6.07) is 13.5. The average molecular weight is 282 g/mol. The smallest absolute Gasteiger partial charge is 0.163 e. The first-order valence-corrected chi connectivity index (χ1v) is 7.01. The van der Waals surface area contributed by atoms with Crippen molar-refractivity contribution in [3.63, 3.8) is 0 Å². The van der Waals surface area contributed by atoms with Crippen molar-refractivity contribution in [2.24, 2.45) is 0 Å². The summed E-state index contributed by atoms with van der Waals surface area (Å²) in [5.74, 6) is 1.58. The molecule has 0 aliphatic carbocycles. The molecule has 2 aromatic rings. The quantitative estimate of drug-likeness (QED) is 0.845. The Morgan fingerprint density at radius 3 is 2.86 bits per heavy atom. The van der Waals surface area contributed by atoms with Crippen LogP contribution in [-0.2, 0) is 6.42 Å². The molecule has 0 fully saturated rings. The summed E-state index contributed by atoms with van der Waals surface area (Å²) in [6.45, 7) is 3.58. The van der Waals surface area contributed by atoms with Gasteiger partial charge < -0.3 is 10.1 Å². The predicted octanol–water partition coefficient (Wildman–Crippen LogP) is 2.79. The number of benzene rings is 1. The van der Waals surface area contributed by atoms with E-state index in [0.717, 1.165) is 31.7 Å². The molecule has 0 spiro atoms. The summed E-state index contributed by atoms with van der Waals surface area (Å²) >= 11 is 0. The molecule has 0 atom stereocenters. The number of nitrogens with zero attached hydrogens (tertiary/aromatic N) is 3. The molecule has 1 heterocycles. The second-order valence-electron chi connectivity index (χ2n) is 4.59. The van der Waals surface area contributed by atoms with E-state index < -0.39 is 0 Å². The fraction of sp³-hybridized carbons (Fsp3) is 0.312. The first-order chi connectivity index (χ1) is 10.3. The monoisotopic (exact) mass is 282 g/mol. The molecule has 0 aliphatic heterocycles. The molecular weight excluding hydrogens is 264 g/mol. The Balaban J connectivity index is 1.83. The van der Waals surface area contributed by atoms with Crippen LogP contribution in [0.3, 0.4) is 0 Å². The van der Waals surface area contributed by atoms with Gasteiger partial charge in [-0.3, -0.25) is 0 Å². The van der Waals surface area contributed by atoms with Gasteiger partial charge in [-0.2, -0.15) is 5.26 Å². The van der Waals surface area contributed by atoms with Crippen LogP contribution in [0.15, 0.2) is 36.4 Å². The van der Waals surface area contributed by atoms with Crippen molar-refractivity contribution in [1.29, 1.82) is 5.26 Å². The Morgan fingerprint density at radius 2 is 2.14 bits per heavy atom. The molecule has 2 rings (SSSR count). The first-order valence-electron chi connectivity index (χ1n) is 7.01. The normalized spacial score (nSPS) is 9.90. The van der Waals surface area contributed by atoms with Gasteiger partial charge in [0.2, 0.25) is 0 Å². The number of nitriles is 1. The number of anilines is 1. The number of nitrogens with one attached hydrogen (secondary N) is 1. The van der Waals surface area contributed by atoms with Gasteiger partial charge in [0.15, 0.2) is 5.69 Å². The van der Waals surface area contributed by atoms with Gasteiger partial charge in [-0.15, -0.1) is 10.2 Å². The maximum Gasteiger partial charge on any atom is 0.163 e. The van der Waals surface area contributed by atoms with Gasteiger partial charge in [-0.1, -0.05) is 19.1 Å². The van der Waals surface area contributed by atoms with Crippen LogP contribution in [0.4, 0.5) is 5.82 Å². The molecule has 1 N–H and O–H groups in total. The lowest BCUT2D eigenvalue weighted by atomic mass is 10.1. The number of ether oxygens (including phenoxy) is 1. The van der Waals surface area contributed by atoms with Crippen molar-refractivity contribution in [2.75, 3.05) is 18.5 Å². The van der Waals surface area contributed by atoms with E-state index >= 15 is 0 Å². The molecule has 1 aromatic heterocycles. The van der Waals surface area contributed by atoms with Crippen molar-refractivity contribution in [1.82, 2.24) is 10.2 Å². The van der Waals surface area contributed by atoms with Crippen molar-refractivity contribution >= 4 is 5.82 Å². The number of rotatable bonds is 7. The van der Waals surface area contributed by atoms with Gasteiger partial charge in [0.25, 0.3) is 0 Å². The second kappa shape index (κ2) is 7.85. The van der Waals surface area contributed by atoms with Crippen molar-refractivity contribution in [3.8, 4) is 11.8 Å². The Kier molecular flexibility index (Phi) is 5.53. The highest BCUT2D eigenvalue weighted by Gasteiger charge is 1.99. The summed E-state index contributed by atoms with van der Waals surface area (Å²) in [7, 11) is 0. The molecule has 0 aliphatic rings. The summed E-state index contributed by atoms with van der Waals surface area (Å²) in [4.78, 5) is 0. The van der Waals surface area contributed by atoms with Gasteiger partial charge in [0, 0.05) is 6.54 Å². The molecule has 5 heteroatoms. The minimum atomic E-state index is 0.321. The van der Waals surface area contributed by atoms with E-state index in [9.17, 15) is 0 Å². The Bertz CT molecular complexity index is 604. The molecule has 1 aromatic carbocycles. The highest BCUT2D eigenvalue weighted by molar-refractivity contribution is 5.36. The number of aromatic nitrogens is 2. The molecular formula is C16H18N4O. The predicted molar refractivity (Wildman–Crippen MR) is 81.2 cm³/mol. The second-order valence-corrected chi connectivity index (χ2v) is 4.59. The average Bonchev–Trinajstić information content (AvgIpc) is 2.54. The van der Waals surface area contributed by atoms with Crippen molar-refractivity contribution in [2.45, 2.75) is 19.8 Å². The number of hydrogen-bond donors (Lipinski definition) is 1. The largest absolute Gasteiger partial charge is 0.494 e. The minimum absolute atomic E-state index is 0.321. The van der Waals surface area contributed by atoms with E-state index in [1.807, 2.05) is 18.2 Å². The van der Waals surface area contributed by atoms with E-state index in [4.69, 9.17) is 10.00 Å². The SMILES string of the molecule is CCCOc1cccc(CCNc2ccc(C#N)nn2)c1. The zero-order chi connectivity index (χ0) is 14.9. The fourth-order valence-corrected chi connectivity index (χ4v) is 1.83. The van der Waals surface area contributed by atoms with Crippen LogP contribution in [-0.4, -0.2) is 23.3 Å². The molecule has 5 nitrogen and oxygen atoms in total. The summed E-state index contributed by atoms with van der Waals surface area (Å²) in [5.41, 5.74) is 1.53. The van der Waals surface area contributed by atoms with E-state index in [1.54, 1.807) is 12.1 Å². The van der Waals surface area contributed by atoms with Gasteiger partial charge in [-0.25, -0.2) is 0 Å². The molecule has 0 saturated carbocycles. The Morgan fingerprint density at radius 1 is 1.24 bits per heavy atom. The maximum atomic E-state index is 8.66. The van der Waals surface area contributed by atoms with E-state index in [2.05, 4.69) is 34.6 Å². The standard InChI is InChI=1S/C16H18N4O/c1-2-10-21-15-5-3-4-13(11-15)8-9-18-16-7-6-14(12-17)19-20-16/h3-7,11H,2,8-10H2,1H3,(H,18,20). The van der Waals surface area contributed by atoms with E-state index in [0.29, 0.717) is 11.5 Å². The molecule has 0 unspecified atom stereocenters. The fourth-order valence-electron chi connectivity index (χ4n) is 1.83. The van der Waals surface area contributed by atoms with Crippen molar-refractivity contribution in [3.05, 3.63) is 47.7 Å². The highest BCUT2D eigenvalue weighted by Crippen LogP contribution is 2.14. The third-order valence-electron chi connectivity index (χ3n) is 2.87. The molecule has 0 saturated heterocycles. The lowest BCUT2D eigenvalue weighted by molar-refractivity contribution is 0.317. The molecule has 108 valence electrons. The zero-order valence-electron chi connectivity index (χ0n) is 12.0. The summed E-state index contributed by atoms with van der Waals surface area (Å²) in [5, 5.41) is 19.5. The van der Waals surface area contributed by atoms with E-state index in [1.165, 1.54) is 5.56 Å². The molecule has 0 amide bonds. The minimum Gasteiger partial charge on any atom is -0.494 e. The third kappa shape index (κ3) is 4.77. The molecule has 0 radical (unpaired) electrons. The number of hydrogen-bond acceptors (Lipinski definition) is 5. The maximum absolute atomic E-state index is 8.66.